The average Bonchev–Trinajstić information content (AvgIpc) is 3.37. The molecule has 0 spiro atoms. The average molecular weight is 923 g/mol. The highest BCUT2D eigenvalue weighted by molar-refractivity contribution is 5.86. The van der Waals surface area contributed by atoms with Crippen molar-refractivity contribution in [1.29, 1.82) is 0 Å². The normalized spacial score (nSPS) is 12.0. The lowest BCUT2D eigenvalue weighted by Gasteiger charge is -2.40. The SMILES string of the molecule is Cc1ccc(N(C2=CC(N(c3ccc(C)cc3)c3ccc(C)cc3)=C2Cc2cc(N(c3ccc(C)cc3)c3ccc(C)cc3)cc(N(c3ccc(C)cc3)c3ccc(C)cc3)c2)c2ccc(C)cc2)cc1. The Bertz CT molecular complexity index is 3050. The fourth-order valence-corrected chi connectivity index (χ4v) is 9.46. The Morgan fingerprint density at radius 1 is 0.239 bits per heavy atom. The van der Waals surface area contributed by atoms with Gasteiger partial charge in [0.2, 0.25) is 0 Å². The zero-order chi connectivity index (χ0) is 49.2. The topological polar surface area (TPSA) is 13.0 Å². The Labute approximate surface area is 421 Å². The summed E-state index contributed by atoms with van der Waals surface area (Å²) in [5, 5.41) is 0. The highest BCUT2D eigenvalue weighted by atomic mass is 15.2. The van der Waals surface area contributed by atoms with Gasteiger partial charge in [-0.3, -0.25) is 0 Å². The van der Waals surface area contributed by atoms with E-state index in [-0.39, 0.29) is 0 Å². The number of aryl methyl sites for hydroxylation is 8. The van der Waals surface area contributed by atoms with Gasteiger partial charge in [-0.1, -0.05) is 142 Å². The second kappa shape index (κ2) is 19.9. The van der Waals surface area contributed by atoms with E-state index >= 15 is 0 Å². The van der Waals surface area contributed by atoms with Crippen LogP contribution in [0.4, 0.5) is 56.9 Å². The van der Waals surface area contributed by atoms with Gasteiger partial charge >= 0.3 is 0 Å². The number of anilines is 10. The minimum absolute atomic E-state index is 0.649. The summed E-state index contributed by atoms with van der Waals surface area (Å²) in [5.41, 5.74) is 25.5. The summed E-state index contributed by atoms with van der Waals surface area (Å²) in [7, 11) is 0. The largest absolute Gasteiger partial charge is 0.310 e. The van der Waals surface area contributed by atoms with Gasteiger partial charge in [-0.2, -0.15) is 0 Å². The van der Waals surface area contributed by atoms with Gasteiger partial charge in [0.05, 0.1) is 11.4 Å². The van der Waals surface area contributed by atoms with Gasteiger partial charge in [0, 0.05) is 68.9 Å². The molecule has 0 unspecified atom stereocenters. The highest BCUT2D eigenvalue weighted by Gasteiger charge is 2.33. The number of benzene rings is 9. The van der Waals surface area contributed by atoms with Gasteiger partial charge in [-0.05, 0) is 182 Å². The first kappa shape index (κ1) is 46.4. The van der Waals surface area contributed by atoms with E-state index in [0.717, 1.165) is 68.3 Å². The van der Waals surface area contributed by atoms with Crippen molar-refractivity contribution in [3.63, 3.8) is 0 Å². The fourth-order valence-electron chi connectivity index (χ4n) is 9.46. The van der Waals surface area contributed by atoms with Gasteiger partial charge in [0.25, 0.3) is 0 Å². The monoisotopic (exact) mass is 922 g/mol. The zero-order valence-electron chi connectivity index (χ0n) is 42.3. The molecule has 9 aromatic carbocycles. The van der Waals surface area contributed by atoms with Gasteiger partial charge < -0.3 is 19.6 Å². The molecule has 350 valence electrons. The maximum atomic E-state index is 2.45. The third-order valence-electron chi connectivity index (χ3n) is 13.6. The van der Waals surface area contributed by atoms with E-state index in [4.69, 9.17) is 0 Å². The van der Waals surface area contributed by atoms with E-state index in [1.54, 1.807) is 0 Å². The minimum atomic E-state index is 0.649. The fraction of sp³-hybridized carbons (Fsp3) is 0.134. The molecule has 4 heteroatoms. The lowest BCUT2D eigenvalue weighted by molar-refractivity contribution is 0.979. The Morgan fingerprint density at radius 3 is 0.718 bits per heavy atom. The molecule has 9 aromatic rings. The molecular formula is C67H62N4. The molecule has 1 aliphatic rings. The predicted octanol–water partition coefficient (Wildman–Crippen LogP) is 18.5. The van der Waals surface area contributed by atoms with Crippen molar-refractivity contribution in [2.24, 2.45) is 0 Å². The second-order valence-corrected chi connectivity index (χ2v) is 19.5. The van der Waals surface area contributed by atoms with Crippen LogP contribution >= 0.6 is 0 Å². The molecule has 0 saturated heterocycles. The number of allylic oxidation sites excluding steroid dienone is 2. The van der Waals surface area contributed by atoms with E-state index < -0.39 is 0 Å². The minimum Gasteiger partial charge on any atom is -0.310 e. The summed E-state index contributed by atoms with van der Waals surface area (Å²) >= 11 is 0. The summed E-state index contributed by atoms with van der Waals surface area (Å²) < 4.78 is 0. The van der Waals surface area contributed by atoms with Crippen molar-refractivity contribution >= 4 is 56.9 Å². The van der Waals surface area contributed by atoms with Crippen molar-refractivity contribution in [3.05, 3.63) is 285 Å². The molecule has 0 aliphatic heterocycles. The van der Waals surface area contributed by atoms with Gasteiger partial charge in [0.1, 0.15) is 0 Å². The number of hydrogen-bond acceptors (Lipinski definition) is 4. The third kappa shape index (κ3) is 10.1. The van der Waals surface area contributed by atoms with E-state index in [2.05, 4.69) is 293 Å². The molecule has 4 nitrogen and oxygen atoms in total. The van der Waals surface area contributed by atoms with E-state index in [0.29, 0.717) is 6.42 Å². The lowest BCUT2D eigenvalue weighted by atomic mass is 9.88. The maximum absolute atomic E-state index is 2.45. The number of rotatable bonds is 14. The van der Waals surface area contributed by atoms with Crippen molar-refractivity contribution < 1.29 is 0 Å². The maximum Gasteiger partial charge on any atom is 0.0538 e. The van der Waals surface area contributed by atoms with Crippen molar-refractivity contribution in [1.82, 2.24) is 0 Å². The van der Waals surface area contributed by atoms with Crippen LogP contribution < -0.4 is 19.6 Å². The molecule has 0 amide bonds. The van der Waals surface area contributed by atoms with Crippen LogP contribution in [0.3, 0.4) is 0 Å². The molecule has 71 heavy (non-hydrogen) atoms. The molecule has 0 heterocycles. The van der Waals surface area contributed by atoms with Crippen LogP contribution in [-0.2, 0) is 6.42 Å². The first-order valence-corrected chi connectivity index (χ1v) is 24.8. The highest BCUT2D eigenvalue weighted by Crippen LogP contribution is 2.48. The van der Waals surface area contributed by atoms with Crippen LogP contribution in [0.15, 0.2) is 235 Å². The van der Waals surface area contributed by atoms with Crippen molar-refractivity contribution in [2.75, 3.05) is 19.6 Å². The Kier molecular flexibility index (Phi) is 13.0. The van der Waals surface area contributed by atoms with E-state index in [1.165, 1.54) is 55.6 Å². The molecule has 0 radical (unpaired) electrons. The van der Waals surface area contributed by atoms with Crippen LogP contribution in [0.25, 0.3) is 0 Å². The molecular weight excluding hydrogens is 861 g/mol. The van der Waals surface area contributed by atoms with Crippen molar-refractivity contribution in [3.8, 4) is 0 Å². The van der Waals surface area contributed by atoms with Gasteiger partial charge in [-0.25, -0.2) is 0 Å². The Balaban J connectivity index is 1.23. The van der Waals surface area contributed by atoms with Crippen LogP contribution in [0.2, 0.25) is 0 Å². The smallest absolute Gasteiger partial charge is 0.0538 e. The van der Waals surface area contributed by atoms with E-state index in [9.17, 15) is 0 Å². The Hall–Kier alpha value is -8.34. The number of nitrogens with zero attached hydrogens (tertiary/aromatic N) is 4. The zero-order valence-corrected chi connectivity index (χ0v) is 42.3. The van der Waals surface area contributed by atoms with Crippen LogP contribution in [0, 0.1) is 55.4 Å². The Morgan fingerprint density at radius 2 is 0.465 bits per heavy atom. The molecule has 0 fully saturated rings. The van der Waals surface area contributed by atoms with Gasteiger partial charge in [0.15, 0.2) is 0 Å². The van der Waals surface area contributed by atoms with Gasteiger partial charge in [-0.15, -0.1) is 0 Å². The molecule has 0 aromatic heterocycles. The second-order valence-electron chi connectivity index (χ2n) is 19.5. The molecule has 0 saturated carbocycles. The molecule has 0 atom stereocenters. The third-order valence-corrected chi connectivity index (χ3v) is 13.6. The number of hydrogen-bond donors (Lipinski definition) is 0. The van der Waals surface area contributed by atoms with Crippen LogP contribution in [0.5, 0.6) is 0 Å². The van der Waals surface area contributed by atoms with E-state index in [1.807, 2.05) is 0 Å². The molecule has 1 aliphatic carbocycles. The first-order valence-electron chi connectivity index (χ1n) is 24.8. The summed E-state index contributed by atoms with van der Waals surface area (Å²) in [4.78, 5) is 9.72. The molecule has 0 bridgehead atoms. The quantitative estimate of drug-likeness (QED) is 0.108. The summed E-state index contributed by atoms with van der Waals surface area (Å²) in [6.07, 6.45) is 3.05. The summed E-state index contributed by atoms with van der Waals surface area (Å²) in [5.74, 6) is 0. The summed E-state index contributed by atoms with van der Waals surface area (Å²) in [6.45, 7) is 17.2. The summed E-state index contributed by atoms with van der Waals surface area (Å²) in [6, 6.07) is 78.6. The lowest BCUT2D eigenvalue weighted by Crippen LogP contribution is -2.30. The molecule has 0 N–H and O–H groups in total. The molecule has 10 rings (SSSR count). The van der Waals surface area contributed by atoms with Crippen molar-refractivity contribution in [2.45, 2.75) is 61.8 Å². The predicted molar refractivity (Wildman–Crippen MR) is 303 cm³/mol. The van der Waals surface area contributed by atoms with Crippen LogP contribution in [-0.4, -0.2) is 0 Å². The van der Waals surface area contributed by atoms with Crippen LogP contribution in [0.1, 0.15) is 50.1 Å². The standard InChI is InChI=1S/C67H62N4/c1-46-9-25-55(26-10-46)68(56-27-11-47(2)12-28-56)63-41-54(42-64(44-63)69(57-29-13-48(3)14-30-57)58-31-15-49(4)16-32-58)43-65-66(70(59-33-17-50(5)18-34-59)60-35-19-51(6)20-36-60)45-67(65)71(61-37-21-52(7)22-38-61)62-39-23-53(8)24-40-62/h9-42,44-45H,43H2,1-8H3. The first-order chi connectivity index (χ1) is 34.4.